The summed E-state index contributed by atoms with van der Waals surface area (Å²) in [5, 5.41) is 11.4. The van der Waals surface area contributed by atoms with Crippen molar-refractivity contribution in [3.8, 4) is 6.07 Å². The molecule has 2 nitrogen and oxygen atoms in total. The minimum atomic E-state index is -4.40. The van der Waals surface area contributed by atoms with E-state index in [9.17, 15) is 17.6 Å². The topological polar surface area (TPSA) is 35.8 Å². The van der Waals surface area contributed by atoms with Gasteiger partial charge in [-0.05, 0) is 42.5 Å². The van der Waals surface area contributed by atoms with Crippen LogP contribution in [0, 0.1) is 17.1 Å². The van der Waals surface area contributed by atoms with E-state index in [1.54, 1.807) is 6.07 Å². The van der Waals surface area contributed by atoms with Crippen LogP contribution >= 0.6 is 0 Å². The number of benzene rings is 2. The van der Waals surface area contributed by atoms with Crippen molar-refractivity contribution in [3.63, 3.8) is 0 Å². The SMILES string of the molecule is N#Cc1cc(F)cc(Nc2ccc(C(F)(F)F)cc2)c1. The summed E-state index contributed by atoms with van der Waals surface area (Å²) < 4.78 is 50.4. The molecule has 0 aliphatic heterocycles. The molecule has 0 unspecified atom stereocenters. The second kappa shape index (κ2) is 5.21. The van der Waals surface area contributed by atoms with Crippen molar-refractivity contribution >= 4 is 11.4 Å². The minimum absolute atomic E-state index is 0.124. The molecular weight excluding hydrogens is 272 g/mol. The van der Waals surface area contributed by atoms with Gasteiger partial charge in [0.2, 0.25) is 0 Å². The maximum Gasteiger partial charge on any atom is 0.416 e. The predicted molar refractivity (Wildman–Crippen MR) is 65.8 cm³/mol. The van der Waals surface area contributed by atoms with Crippen LogP contribution in [0.15, 0.2) is 42.5 Å². The van der Waals surface area contributed by atoms with Crippen LogP contribution in [0.4, 0.5) is 28.9 Å². The number of nitriles is 1. The summed E-state index contributed by atoms with van der Waals surface area (Å²) in [6, 6.07) is 9.74. The number of hydrogen-bond acceptors (Lipinski definition) is 2. The van der Waals surface area contributed by atoms with Crippen LogP contribution in [0.2, 0.25) is 0 Å². The molecular formula is C14H8F4N2. The summed E-state index contributed by atoms with van der Waals surface area (Å²) >= 11 is 0. The quantitative estimate of drug-likeness (QED) is 0.824. The molecule has 0 amide bonds. The highest BCUT2D eigenvalue weighted by Crippen LogP contribution is 2.30. The van der Waals surface area contributed by atoms with Crippen molar-refractivity contribution in [2.45, 2.75) is 6.18 Å². The second-order valence-electron chi connectivity index (χ2n) is 4.04. The molecule has 0 radical (unpaired) electrons. The third kappa shape index (κ3) is 3.26. The smallest absolute Gasteiger partial charge is 0.355 e. The van der Waals surface area contributed by atoms with Crippen LogP contribution in [0.5, 0.6) is 0 Å². The normalized spacial score (nSPS) is 10.9. The van der Waals surface area contributed by atoms with Crippen molar-refractivity contribution in [3.05, 3.63) is 59.4 Å². The van der Waals surface area contributed by atoms with Crippen molar-refractivity contribution < 1.29 is 17.6 Å². The fraction of sp³-hybridized carbons (Fsp3) is 0.0714. The zero-order valence-electron chi connectivity index (χ0n) is 10.0. The molecule has 0 aromatic heterocycles. The number of nitrogens with one attached hydrogen (secondary N) is 1. The molecule has 2 rings (SSSR count). The van der Waals surface area contributed by atoms with E-state index >= 15 is 0 Å². The van der Waals surface area contributed by atoms with Gasteiger partial charge in [-0.1, -0.05) is 0 Å². The van der Waals surface area contributed by atoms with Crippen LogP contribution in [-0.4, -0.2) is 0 Å². The van der Waals surface area contributed by atoms with Crippen LogP contribution in [0.3, 0.4) is 0 Å². The summed E-state index contributed by atoms with van der Waals surface area (Å²) in [5.41, 5.74) is 0.0215. The molecule has 20 heavy (non-hydrogen) atoms. The maximum absolute atomic E-state index is 13.2. The lowest BCUT2D eigenvalue weighted by Gasteiger charge is -2.10. The number of alkyl halides is 3. The Kier molecular flexibility index (Phi) is 3.61. The average Bonchev–Trinajstić information content (AvgIpc) is 2.37. The Labute approximate surface area is 112 Å². The molecule has 2 aromatic carbocycles. The van der Waals surface area contributed by atoms with Crippen LogP contribution in [0.25, 0.3) is 0 Å². The van der Waals surface area contributed by atoms with Crippen molar-refractivity contribution in [2.75, 3.05) is 5.32 Å². The van der Waals surface area contributed by atoms with E-state index in [4.69, 9.17) is 5.26 Å². The monoisotopic (exact) mass is 280 g/mol. The number of nitrogens with zero attached hydrogens (tertiary/aromatic N) is 1. The molecule has 0 spiro atoms. The molecule has 0 heterocycles. The van der Waals surface area contributed by atoms with E-state index in [2.05, 4.69) is 5.32 Å². The largest absolute Gasteiger partial charge is 0.416 e. The van der Waals surface area contributed by atoms with E-state index in [-0.39, 0.29) is 5.56 Å². The first-order chi connectivity index (χ1) is 9.38. The van der Waals surface area contributed by atoms with Gasteiger partial charge in [0.25, 0.3) is 0 Å². The molecule has 0 aliphatic carbocycles. The van der Waals surface area contributed by atoms with Gasteiger partial charge in [-0.25, -0.2) is 4.39 Å². The first-order valence-corrected chi connectivity index (χ1v) is 5.53. The first kappa shape index (κ1) is 13.9. The molecule has 0 aliphatic rings. The molecule has 1 N–H and O–H groups in total. The zero-order valence-corrected chi connectivity index (χ0v) is 10.0. The second-order valence-corrected chi connectivity index (χ2v) is 4.04. The summed E-state index contributed by atoms with van der Waals surface area (Å²) in [6.07, 6.45) is -4.40. The van der Waals surface area contributed by atoms with Crippen LogP contribution in [0.1, 0.15) is 11.1 Å². The van der Waals surface area contributed by atoms with E-state index < -0.39 is 17.6 Å². The molecule has 102 valence electrons. The fourth-order valence-electron chi connectivity index (χ4n) is 1.64. The third-order valence-corrected chi connectivity index (χ3v) is 2.53. The minimum Gasteiger partial charge on any atom is -0.355 e. The summed E-state index contributed by atoms with van der Waals surface area (Å²) in [4.78, 5) is 0. The Morgan fingerprint density at radius 1 is 0.950 bits per heavy atom. The highest BCUT2D eigenvalue weighted by atomic mass is 19.4. The standard InChI is InChI=1S/C14H8F4N2/c15-11-5-9(8-19)6-13(7-11)20-12-3-1-10(2-4-12)14(16,17)18/h1-7,20H. The lowest BCUT2D eigenvalue weighted by Crippen LogP contribution is -2.04. The molecule has 0 bridgehead atoms. The number of anilines is 2. The average molecular weight is 280 g/mol. The summed E-state index contributed by atoms with van der Waals surface area (Å²) in [7, 11) is 0. The van der Waals surface area contributed by atoms with E-state index in [0.717, 1.165) is 24.3 Å². The van der Waals surface area contributed by atoms with Crippen molar-refractivity contribution in [1.82, 2.24) is 0 Å². The Morgan fingerprint density at radius 3 is 2.15 bits per heavy atom. The Bertz CT molecular complexity index is 654. The Morgan fingerprint density at radius 2 is 1.60 bits per heavy atom. The van der Waals surface area contributed by atoms with E-state index in [1.807, 2.05) is 0 Å². The number of rotatable bonds is 2. The Hall–Kier alpha value is -2.55. The van der Waals surface area contributed by atoms with Gasteiger partial charge >= 0.3 is 6.18 Å². The predicted octanol–water partition coefficient (Wildman–Crippen LogP) is 4.46. The molecule has 6 heteroatoms. The van der Waals surface area contributed by atoms with Crippen LogP contribution in [-0.2, 0) is 6.18 Å². The molecule has 0 saturated carbocycles. The lowest BCUT2D eigenvalue weighted by atomic mass is 10.1. The van der Waals surface area contributed by atoms with Crippen molar-refractivity contribution in [1.29, 1.82) is 5.26 Å². The Balaban J connectivity index is 2.23. The van der Waals surface area contributed by atoms with Gasteiger partial charge in [-0.3, -0.25) is 0 Å². The lowest BCUT2D eigenvalue weighted by molar-refractivity contribution is -0.137. The highest BCUT2D eigenvalue weighted by Gasteiger charge is 2.29. The van der Waals surface area contributed by atoms with Gasteiger partial charge in [0.15, 0.2) is 0 Å². The van der Waals surface area contributed by atoms with Crippen LogP contribution < -0.4 is 5.32 Å². The first-order valence-electron chi connectivity index (χ1n) is 5.53. The summed E-state index contributed by atoms with van der Waals surface area (Å²) in [5.74, 6) is -0.599. The van der Waals surface area contributed by atoms with Gasteiger partial charge in [-0.15, -0.1) is 0 Å². The van der Waals surface area contributed by atoms with Gasteiger partial charge < -0.3 is 5.32 Å². The molecule has 0 fully saturated rings. The molecule has 0 atom stereocenters. The van der Waals surface area contributed by atoms with Gasteiger partial charge in [0.1, 0.15) is 5.82 Å². The summed E-state index contributed by atoms with van der Waals surface area (Å²) in [6.45, 7) is 0. The number of hydrogen-bond donors (Lipinski definition) is 1. The zero-order chi connectivity index (χ0) is 14.8. The van der Waals surface area contributed by atoms with Gasteiger partial charge in [0, 0.05) is 11.4 Å². The fourth-order valence-corrected chi connectivity index (χ4v) is 1.64. The van der Waals surface area contributed by atoms with Crippen molar-refractivity contribution in [2.24, 2.45) is 0 Å². The third-order valence-electron chi connectivity index (χ3n) is 2.53. The van der Waals surface area contributed by atoms with E-state index in [0.29, 0.717) is 11.4 Å². The maximum atomic E-state index is 13.2. The van der Waals surface area contributed by atoms with Gasteiger partial charge in [0.05, 0.1) is 17.2 Å². The van der Waals surface area contributed by atoms with E-state index in [1.165, 1.54) is 18.2 Å². The van der Waals surface area contributed by atoms with Gasteiger partial charge in [-0.2, -0.15) is 18.4 Å². The highest BCUT2D eigenvalue weighted by molar-refractivity contribution is 5.61. The molecule has 0 saturated heterocycles. The molecule has 2 aromatic rings. The number of halogens is 4.